The molecule has 8 heteroatoms. The van der Waals surface area contributed by atoms with Gasteiger partial charge in [-0.1, -0.05) is 19.0 Å². The molecule has 0 radical (unpaired) electrons. The molecule has 0 atom stereocenters. The van der Waals surface area contributed by atoms with Crippen molar-refractivity contribution >= 4 is 41.3 Å². The van der Waals surface area contributed by atoms with Crippen LogP contribution in [0.25, 0.3) is 0 Å². The average Bonchev–Trinajstić information content (AvgIpc) is 3.23. The molecule has 0 aliphatic rings. The summed E-state index contributed by atoms with van der Waals surface area (Å²) in [7, 11) is 0. The summed E-state index contributed by atoms with van der Waals surface area (Å²) in [5, 5.41) is 11.9. The van der Waals surface area contributed by atoms with Gasteiger partial charge in [0.2, 0.25) is 0 Å². The Morgan fingerprint density at radius 2 is 2.04 bits per heavy atom. The third-order valence-electron chi connectivity index (χ3n) is 4.02. The lowest BCUT2D eigenvalue weighted by molar-refractivity contribution is 0.372. The minimum Gasteiger partial charge on any atom is -0.359 e. The normalized spacial score (nSPS) is 11.5. The maximum absolute atomic E-state index is 5.43. The fraction of sp³-hybridized carbons (Fsp3) is 0.611. The molecule has 0 aromatic carbocycles. The maximum Gasteiger partial charge on any atom is 0.191 e. The van der Waals surface area contributed by atoms with E-state index in [9.17, 15) is 0 Å². The molecule has 0 aliphatic carbocycles. The number of aliphatic imine (C=N–C) groups is 1. The van der Waals surface area contributed by atoms with E-state index >= 15 is 0 Å². The number of halogens is 1. The molecule has 2 rings (SSSR count). The van der Waals surface area contributed by atoms with Crippen LogP contribution in [0.4, 0.5) is 0 Å². The van der Waals surface area contributed by atoms with Gasteiger partial charge in [0.05, 0.1) is 10.7 Å². The highest BCUT2D eigenvalue weighted by Gasteiger charge is 2.12. The number of aryl methyl sites for hydroxylation is 1. The van der Waals surface area contributed by atoms with Gasteiger partial charge in [-0.25, -0.2) is 9.98 Å². The first-order chi connectivity index (χ1) is 12.2. The zero-order chi connectivity index (χ0) is 18.1. The topological polar surface area (TPSA) is 75.3 Å². The molecule has 0 fully saturated rings. The molecular weight excluding hydrogens is 461 g/mol. The summed E-state index contributed by atoms with van der Waals surface area (Å²) in [4.78, 5) is 10.2. The molecule has 26 heavy (non-hydrogen) atoms. The van der Waals surface area contributed by atoms with Gasteiger partial charge < -0.3 is 15.2 Å². The minimum absolute atomic E-state index is 0. The molecule has 2 aromatic heterocycles. The van der Waals surface area contributed by atoms with Crippen molar-refractivity contribution in [1.82, 2.24) is 20.8 Å². The van der Waals surface area contributed by atoms with Crippen LogP contribution in [0.2, 0.25) is 0 Å². The Kier molecular flexibility index (Phi) is 10.8. The SMILES string of the molecule is CCNC(=NCc1cc(C(CC)CC)no1)NCCc1ncc(C)s1.I. The molecular formula is C18H30IN5OS. The first-order valence-corrected chi connectivity index (χ1v) is 9.86. The highest BCUT2D eigenvalue weighted by atomic mass is 127. The van der Waals surface area contributed by atoms with Crippen LogP contribution in [0.3, 0.4) is 0 Å². The second kappa shape index (κ2) is 12.3. The van der Waals surface area contributed by atoms with E-state index in [1.165, 1.54) is 4.88 Å². The Balaban J connectivity index is 0.00000338. The Labute approximate surface area is 177 Å². The third kappa shape index (κ3) is 7.22. The standard InChI is InChI=1S/C18H29N5OS.HI/c1-5-14(6-2)16-10-15(24-23-16)12-22-18(19-7-3)20-9-8-17-21-11-13(4)25-17;/h10-11,14H,5-9,12H2,1-4H3,(H2,19,20,22);1H. The van der Waals surface area contributed by atoms with Crippen LogP contribution in [-0.4, -0.2) is 29.2 Å². The van der Waals surface area contributed by atoms with Crippen molar-refractivity contribution in [3.8, 4) is 0 Å². The van der Waals surface area contributed by atoms with E-state index in [-0.39, 0.29) is 24.0 Å². The van der Waals surface area contributed by atoms with Crippen molar-refractivity contribution in [2.75, 3.05) is 13.1 Å². The van der Waals surface area contributed by atoms with Gasteiger partial charge in [-0.05, 0) is 26.7 Å². The summed E-state index contributed by atoms with van der Waals surface area (Å²) in [6, 6.07) is 2.03. The quantitative estimate of drug-likeness (QED) is 0.312. The number of guanidine groups is 1. The van der Waals surface area contributed by atoms with Crippen LogP contribution in [0.15, 0.2) is 21.8 Å². The van der Waals surface area contributed by atoms with Crippen molar-refractivity contribution in [3.63, 3.8) is 0 Å². The molecule has 0 spiro atoms. The highest BCUT2D eigenvalue weighted by molar-refractivity contribution is 14.0. The van der Waals surface area contributed by atoms with E-state index in [1.54, 1.807) is 11.3 Å². The van der Waals surface area contributed by atoms with Gasteiger partial charge in [0.15, 0.2) is 11.7 Å². The van der Waals surface area contributed by atoms with Crippen LogP contribution >= 0.6 is 35.3 Å². The fourth-order valence-corrected chi connectivity index (χ4v) is 3.39. The van der Waals surface area contributed by atoms with E-state index < -0.39 is 0 Å². The molecule has 0 saturated carbocycles. The zero-order valence-electron chi connectivity index (χ0n) is 16.0. The van der Waals surface area contributed by atoms with Crippen LogP contribution in [-0.2, 0) is 13.0 Å². The third-order valence-corrected chi connectivity index (χ3v) is 4.99. The lowest BCUT2D eigenvalue weighted by atomic mass is 9.99. The molecule has 2 aromatic rings. The number of rotatable bonds is 9. The van der Waals surface area contributed by atoms with Gasteiger partial charge in [0.1, 0.15) is 6.54 Å². The van der Waals surface area contributed by atoms with Gasteiger partial charge in [-0.3, -0.25) is 0 Å². The number of thiazole rings is 1. The highest BCUT2D eigenvalue weighted by Crippen LogP contribution is 2.22. The molecule has 146 valence electrons. The number of nitrogens with zero attached hydrogens (tertiary/aromatic N) is 3. The summed E-state index contributed by atoms with van der Waals surface area (Å²) < 4.78 is 5.43. The van der Waals surface area contributed by atoms with Crippen LogP contribution in [0, 0.1) is 6.92 Å². The first kappa shape index (κ1) is 22.9. The molecule has 2 heterocycles. The molecule has 6 nitrogen and oxygen atoms in total. The average molecular weight is 491 g/mol. The Morgan fingerprint density at radius 3 is 2.65 bits per heavy atom. The lowest BCUT2D eigenvalue weighted by Gasteiger charge is -2.10. The number of hydrogen-bond acceptors (Lipinski definition) is 5. The van der Waals surface area contributed by atoms with Crippen molar-refractivity contribution in [2.24, 2.45) is 4.99 Å². The van der Waals surface area contributed by atoms with Gasteiger partial charge in [-0.2, -0.15) is 0 Å². The van der Waals surface area contributed by atoms with Gasteiger partial charge in [-0.15, -0.1) is 35.3 Å². The minimum atomic E-state index is 0. The molecule has 0 saturated heterocycles. The molecule has 0 amide bonds. The Morgan fingerprint density at radius 1 is 1.27 bits per heavy atom. The summed E-state index contributed by atoms with van der Waals surface area (Å²) in [6.07, 6.45) is 4.96. The number of hydrogen-bond donors (Lipinski definition) is 2. The monoisotopic (exact) mass is 491 g/mol. The predicted octanol–water partition coefficient (Wildman–Crippen LogP) is 4.26. The summed E-state index contributed by atoms with van der Waals surface area (Å²) in [6.45, 7) is 10.6. The summed E-state index contributed by atoms with van der Waals surface area (Å²) >= 11 is 1.74. The molecule has 0 aliphatic heterocycles. The molecule has 0 unspecified atom stereocenters. The number of nitrogens with one attached hydrogen (secondary N) is 2. The van der Waals surface area contributed by atoms with Crippen LogP contribution in [0.5, 0.6) is 0 Å². The smallest absolute Gasteiger partial charge is 0.191 e. The first-order valence-electron chi connectivity index (χ1n) is 9.05. The van der Waals surface area contributed by atoms with Crippen molar-refractivity contribution in [3.05, 3.63) is 33.6 Å². The number of aromatic nitrogens is 2. The summed E-state index contributed by atoms with van der Waals surface area (Å²) in [5.41, 5.74) is 1.03. The van der Waals surface area contributed by atoms with Gasteiger partial charge in [0.25, 0.3) is 0 Å². The van der Waals surface area contributed by atoms with Crippen molar-refractivity contribution in [1.29, 1.82) is 0 Å². The molecule has 0 bridgehead atoms. The van der Waals surface area contributed by atoms with E-state index in [2.05, 4.69) is 53.5 Å². The zero-order valence-corrected chi connectivity index (χ0v) is 19.2. The van der Waals surface area contributed by atoms with Gasteiger partial charge >= 0.3 is 0 Å². The van der Waals surface area contributed by atoms with E-state index in [1.807, 2.05) is 12.3 Å². The van der Waals surface area contributed by atoms with Gasteiger partial charge in [0, 0.05) is 42.6 Å². The fourth-order valence-electron chi connectivity index (χ4n) is 2.61. The van der Waals surface area contributed by atoms with E-state index in [0.717, 1.165) is 54.8 Å². The van der Waals surface area contributed by atoms with E-state index in [0.29, 0.717) is 12.5 Å². The van der Waals surface area contributed by atoms with Crippen molar-refractivity contribution in [2.45, 2.75) is 59.4 Å². The largest absolute Gasteiger partial charge is 0.359 e. The summed E-state index contributed by atoms with van der Waals surface area (Å²) in [5.74, 6) is 2.06. The Hall–Kier alpha value is -1.16. The van der Waals surface area contributed by atoms with E-state index in [4.69, 9.17) is 4.52 Å². The van der Waals surface area contributed by atoms with Crippen LogP contribution < -0.4 is 10.6 Å². The Bertz CT molecular complexity index is 666. The second-order valence-electron chi connectivity index (χ2n) is 5.97. The van der Waals surface area contributed by atoms with Crippen LogP contribution in [0.1, 0.15) is 60.9 Å². The lowest BCUT2D eigenvalue weighted by Crippen LogP contribution is -2.38. The second-order valence-corrected chi connectivity index (χ2v) is 7.29. The molecule has 2 N–H and O–H groups in total. The maximum atomic E-state index is 5.43. The van der Waals surface area contributed by atoms with Crippen molar-refractivity contribution < 1.29 is 4.52 Å². The predicted molar refractivity (Wildman–Crippen MR) is 119 cm³/mol.